The maximum atomic E-state index is 12.0. The highest BCUT2D eigenvalue weighted by atomic mass is 79.9. The van der Waals surface area contributed by atoms with Gasteiger partial charge in [0, 0.05) is 16.7 Å². The fourth-order valence-corrected chi connectivity index (χ4v) is 2.07. The topological polar surface area (TPSA) is 21.3 Å². The molecule has 6 heteroatoms. The van der Waals surface area contributed by atoms with E-state index in [0.717, 1.165) is 15.7 Å². The van der Waals surface area contributed by atoms with E-state index in [0.29, 0.717) is 6.54 Å². The lowest BCUT2D eigenvalue weighted by molar-refractivity contribution is -0.274. The summed E-state index contributed by atoms with van der Waals surface area (Å²) in [5, 5.41) is 3.12. The van der Waals surface area contributed by atoms with Gasteiger partial charge in [0.1, 0.15) is 5.75 Å². The van der Waals surface area contributed by atoms with Crippen LogP contribution in [0, 0.1) is 0 Å². The van der Waals surface area contributed by atoms with Gasteiger partial charge in [-0.1, -0.05) is 28.1 Å². The van der Waals surface area contributed by atoms with Gasteiger partial charge in [-0.05, 0) is 42.0 Å². The molecule has 106 valence electrons. The Bertz CT molecular complexity index is 569. The van der Waals surface area contributed by atoms with E-state index in [1.165, 1.54) is 12.1 Å². The first kappa shape index (κ1) is 14.7. The van der Waals surface area contributed by atoms with Crippen molar-refractivity contribution in [1.29, 1.82) is 0 Å². The van der Waals surface area contributed by atoms with Crippen molar-refractivity contribution in [1.82, 2.24) is 0 Å². The summed E-state index contributed by atoms with van der Waals surface area (Å²) in [6, 6.07) is 13.4. The van der Waals surface area contributed by atoms with Crippen molar-refractivity contribution in [2.75, 3.05) is 5.32 Å². The van der Waals surface area contributed by atoms with Gasteiger partial charge in [-0.15, -0.1) is 13.2 Å². The molecule has 0 radical (unpaired) electrons. The first-order chi connectivity index (χ1) is 9.42. The Morgan fingerprint density at radius 3 is 2.35 bits per heavy atom. The summed E-state index contributed by atoms with van der Waals surface area (Å²) in [6.07, 6.45) is -4.66. The molecule has 0 spiro atoms. The molecule has 0 aromatic heterocycles. The van der Waals surface area contributed by atoms with Gasteiger partial charge in [0.25, 0.3) is 0 Å². The zero-order valence-corrected chi connectivity index (χ0v) is 11.8. The van der Waals surface area contributed by atoms with E-state index in [4.69, 9.17) is 0 Å². The molecule has 0 heterocycles. The Hall–Kier alpha value is -1.69. The highest BCUT2D eigenvalue weighted by molar-refractivity contribution is 9.10. The van der Waals surface area contributed by atoms with E-state index in [1.807, 2.05) is 24.3 Å². The van der Waals surface area contributed by atoms with E-state index in [-0.39, 0.29) is 5.75 Å². The maximum Gasteiger partial charge on any atom is 0.573 e. The molecule has 0 aliphatic rings. The van der Waals surface area contributed by atoms with Crippen molar-refractivity contribution in [3.63, 3.8) is 0 Å². The molecule has 0 bridgehead atoms. The minimum Gasteiger partial charge on any atom is -0.406 e. The first-order valence-electron chi connectivity index (χ1n) is 5.76. The third-order valence-corrected chi connectivity index (χ3v) is 2.97. The number of anilines is 1. The van der Waals surface area contributed by atoms with Gasteiger partial charge in [0.15, 0.2) is 0 Å². The van der Waals surface area contributed by atoms with Crippen molar-refractivity contribution < 1.29 is 17.9 Å². The monoisotopic (exact) mass is 345 g/mol. The Morgan fingerprint density at radius 1 is 1.05 bits per heavy atom. The second kappa shape index (κ2) is 6.17. The van der Waals surface area contributed by atoms with E-state index in [2.05, 4.69) is 26.0 Å². The lowest BCUT2D eigenvalue weighted by Gasteiger charge is -2.10. The molecule has 0 aliphatic heterocycles. The minimum absolute atomic E-state index is 0.231. The summed E-state index contributed by atoms with van der Waals surface area (Å²) in [5.41, 5.74) is 1.79. The third-order valence-electron chi connectivity index (χ3n) is 2.47. The van der Waals surface area contributed by atoms with Crippen LogP contribution < -0.4 is 10.1 Å². The Kier molecular flexibility index (Phi) is 4.54. The zero-order valence-electron chi connectivity index (χ0n) is 10.2. The number of nitrogens with one attached hydrogen (secondary N) is 1. The van der Waals surface area contributed by atoms with Crippen LogP contribution in [-0.2, 0) is 6.54 Å². The van der Waals surface area contributed by atoms with Crippen LogP contribution in [0.5, 0.6) is 5.75 Å². The number of alkyl halides is 3. The highest BCUT2D eigenvalue weighted by Gasteiger charge is 2.30. The van der Waals surface area contributed by atoms with E-state index in [9.17, 15) is 13.2 Å². The SMILES string of the molecule is FC(F)(F)Oc1ccc(NCc2cccc(Br)c2)cc1. The molecule has 2 nitrogen and oxygen atoms in total. The van der Waals surface area contributed by atoms with Crippen LogP contribution in [0.1, 0.15) is 5.56 Å². The predicted molar refractivity (Wildman–Crippen MR) is 74.6 cm³/mol. The van der Waals surface area contributed by atoms with Crippen LogP contribution in [-0.4, -0.2) is 6.36 Å². The molecule has 0 fully saturated rings. The zero-order chi connectivity index (χ0) is 14.6. The molecule has 2 rings (SSSR count). The fourth-order valence-electron chi connectivity index (χ4n) is 1.63. The number of hydrogen-bond donors (Lipinski definition) is 1. The van der Waals surface area contributed by atoms with E-state index >= 15 is 0 Å². The molecule has 0 unspecified atom stereocenters. The van der Waals surface area contributed by atoms with Crippen molar-refractivity contribution in [2.45, 2.75) is 12.9 Å². The average molecular weight is 346 g/mol. The number of ether oxygens (including phenoxy) is 1. The molecule has 0 aliphatic carbocycles. The van der Waals surface area contributed by atoms with Gasteiger partial charge in [0.05, 0.1) is 0 Å². The molecule has 2 aromatic carbocycles. The standard InChI is InChI=1S/C14H11BrF3NO/c15-11-3-1-2-10(8-11)9-19-12-4-6-13(7-5-12)20-14(16,17)18/h1-8,19H,9H2. The highest BCUT2D eigenvalue weighted by Crippen LogP contribution is 2.24. The predicted octanol–water partition coefficient (Wildman–Crippen LogP) is 4.96. The van der Waals surface area contributed by atoms with E-state index < -0.39 is 6.36 Å². The van der Waals surface area contributed by atoms with Gasteiger partial charge in [-0.25, -0.2) is 0 Å². The third kappa shape index (κ3) is 4.77. The molecule has 0 saturated heterocycles. The summed E-state index contributed by atoms with van der Waals surface area (Å²) < 4.78 is 40.8. The van der Waals surface area contributed by atoms with Crippen molar-refractivity contribution >= 4 is 21.6 Å². The number of rotatable bonds is 4. The molecular formula is C14H11BrF3NO. The average Bonchev–Trinajstić information content (AvgIpc) is 2.36. The quantitative estimate of drug-likeness (QED) is 0.845. The smallest absolute Gasteiger partial charge is 0.406 e. The lowest BCUT2D eigenvalue weighted by atomic mass is 10.2. The summed E-state index contributed by atoms with van der Waals surface area (Å²) in [7, 11) is 0. The van der Waals surface area contributed by atoms with Crippen molar-refractivity contribution in [3.05, 3.63) is 58.6 Å². The minimum atomic E-state index is -4.66. The fraction of sp³-hybridized carbons (Fsp3) is 0.143. The molecule has 20 heavy (non-hydrogen) atoms. The number of benzene rings is 2. The maximum absolute atomic E-state index is 12.0. The van der Waals surface area contributed by atoms with Gasteiger partial charge in [-0.3, -0.25) is 0 Å². The Labute approximate surface area is 122 Å². The molecule has 1 N–H and O–H groups in total. The Morgan fingerprint density at radius 2 is 1.75 bits per heavy atom. The first-order valence-corrected chi connectivity index (χ1v) is 6.56. The molecule has 2 aromatic rings. The molecule has 0 atom stereocenters. The summed E-state index contributed by atoms with van der Waals surface area (Å²) in [6.45, 7) is 0.582. The van der Waals surface area contributed by atoms with Gasteiger partial charge in [-0.2, -0.15) is 0 Å². The summed E-state index contributed by atoms with van der Waals surface area (Å²) in [5.74, 6) is -0.231. The van der Waals surface area contributed by atoms with Gasteiger partial charge in [0.2, 0.25) is 0 Å². The van der Waals surface area contributed by atoms with Gasteiger partial charge >= 0.3 is 6.36 Å². The van der Waals surface area contributed by atoms with Crippen LogP contribution in [0.3, 0.4) is 0 Å². The van der Waals surface area contributed by atoms with Crippen LogP contribution in [0.2, 0.25) is 0 Å². The van der Waals surface area contributed by atoms with Crippen LogP contribution in [0.15, 0.2) is 53.0 Å². The number of hydrogen-bond acceptors (Lipinski definition) is 2. The normalized spacial score (nSPS) is 11.2. The lowest BCUT2D eigenvalue weighted by Crippen LogP contribution is -2.17. The van der Waals surface area contributed by atoms with Crippen LogP contribution in [0.4, 0.5) is 18.9 Å². The second-order valence-electron chi connectivity index (χ2n) is 4.06. The largest absolute Gasteiger partial charge is 0.573 e. The van der Waals surface area contributed by atoms with Gasteiger partial charge < -0.3 is 10.1 Å². The van der Waals surface area contributed by atoms with Crippen LogP contribution in [0.25, 0.3) is 0 Å². The summed E-state index contributed by atoms with van der Waals surface area (Å²) >= 11 is 3.37. The Balaban J connectivity index is 1.94. The summed E-state index contributed by atoms with van der Waals surface area (Å²) in [4.78, 5) is 0. The number of halogens is 4. The molecular weight excluding hydrogens is 335 g/mol. The molecule has 0 amide bonds. The van der Waals surface area contributed by atoms with Crippen molar-refractivity contribution in [3.8, 4) is 5.75 Å². The van der Waals surface area contributed by atoms with E-state index in [1.54, 1.807) is 12.1 Å². The second-order valence-corrected chi connectivity index (χ2v) is 4.97. The van der Waals surface area contributed by atoms with Crippen LogP contribution >= 0.6 is 15.9 Å². The van der Waals surface area contributed by atoms with Crippen molar-refractivity contribution in [2.24, 2.45) is 0 Å². The molecule has 0 saturated carbocycles.